The molecule has 2 heterocycles. The molecule has 8 nitrogen and oxygen atoms in total. The van der Waals surface area contributed by atoms with Crippen LogP contribution in [-0.4, -0.2) is 65.8 Å². The summed E-state index contributed by atoms with van der Waals surface area (Å²) in [6.45, 7) is 5.89. The van der Waals surface area contributed by atoms with Crippen molar-refractivity contribution in [3.63, 3.8) is 0 Å². The largest absolute Gasteiger partial charge is 0.495 e. The van der Waals surface area contributed by atoms with Gasteiger partial charge in [0.05, 0.1) is 44.1 Å². The lowest BCUT2D eigenvalue weighted by Gasteiger charge is -2.32. The maximum atomic E-state index is 5.92. The molecule has 1 fully saturated rings. The molecule has 0 bridgehead atoms. The van der Waals surface area contributed by atoms with E-state index in [2.05, 4.69) is 44.2 Å². The highest BCUT2D eigenvalue weighted by atomic mass is 16.5. The number of hydrazone groups is 1. The average molecular weight is 447 g/mol. The minimum atomic E-state index is 0.0409. The number of imidazole rings is 1. The first kappa shape index (κ1) is 22.7. The fourth-order valence-corrected chi connectivity index (χ4v) is 3.92. The maximum absolute atomic E-state index is 5.92. The first-order valence-corrected chi connectivity index (χ1v) is 11.0. The SMILES string of the molecule is COc1cc(/C(C=NCC2CN(Cc3ccccc3)CCO2)=N/N)ccc1-n1cnc(C)c1. The van der Waals surface area contributed by atoms with Crippen molar-refractivity contribution in [3.05, 3.63) is 77.9 Å². The van der Waals surface area contributed by atoms with E-state index in [9.17, 15) is 0 Å². The van der Waals surface area contributed by atoms with Gasteiger partial charge in [-0.15, -0.1) is 0 Å². The Morgan fingerprint density at radius 2 is 2.12 bits per heavy atom. The summed E-state index contributed by atoms with van der Waals surface area (Å²) in [5, 5.41) is 3.94. The third kappa shape index (κ3) is 5.85. The van der Waals surface area contributed by atoms with Crippen molar-refractivity contribution in [2.24, 2.45) is 15.9 Å². The van der Waals surface area contributed by atoms with Crippen LogP contribution >= 0.6 is 0 Å². The van der Waals surface area contributed by atoms with Crippen LogP contribution < -0.4 is 10.6 Å². The molecule has 8 heteroatoms. The average Bonchev–Trinajstić information content (AvgIpc) is 3.28. The van der Waals surface area contributed by atoms with Gasteiger partial charge in [-0.05, 0) is 24.6 Å². The molecule has 4 rings (SSSR count). The molecule has 1 aromatic heterocycles. The second kappa shape index (κ2) is 10.9. The lowest BCUT2D eigenvalue weighted by Crippen LogP contribution is -2.43. The van der Waals surface area contributed by atoms with Gasteiger partial charge < -0.3 is 19.9 Å². The molecule has 1 atom stereocenters. The summed E-state index contributed by atoms with van der Waals surface area (Å²) in [4.78, 5) is 11.3. The van der Waals surface area contributed by atoms with E-state index in [0.717, 1.165) is 36.6 Å². The normalized spacial score (nSPS) is 17.5. The Bertz CT molecular complexity index is 1110. The quantitative estimate of drug-likeness (QED) is 0.326. The van der Waals surface area contributed by atoms with Crippen LogP contribution in [0.3, 0.4) is 0 Å². The molecule has 172 valence electrons. The number of rotatable bonds is 8. The van der Waals surface area contributed by atoms with Crippen LogP contribution in [0.1, 0.15) is 16.8 Å². The van der Waals surface area contributed by atoms with E-state index in [1.165, 1.54) is 5.56 Å². The number of ether oxygens (including phenoxy) is 2. The van der Waals surface area contributed by atoms with Crippen molar-refractivity contribution in [2.75, 3.05) is 33.4 Å². The molecular weight excluding hydrogens is 416 g/mol. The summed E-state index contributed by atoms with van der Waals surface area (Å²) in [5.74, 6) is 6.38. The topological polar surface area (TPSA) is 90.3 Å². The summed E-state index contributed by atoms with van der Waals surface area (Å²) in [6, 6.07) is 16.3. The number of benzene rings is 2. The monoisotopic (exact) mass is 446 g/mol. The third-order valence-corrected chi connectivity index (χ3v) is 5.60. The highest BCUT2D eigenvalue weighted by molar-refractivity contribution is 6.38. The summed E-state index contributed by atoms with van der Waals surface area (Å²) < 4.78 is 13.4. The second-order valence-corrected chi connectivity index (χ2v) is 8.03. The van der Waals surface area contributed by atoms with E-state index >= 15 is 0 Å². The van der Waals surface area contributed by atoms with Crippen LogP contribution in [0.4, 0.5) is 0 Å². The standard InChI is InChI=1S/C25H30N6O2/c1-19-15-31(18-28-19)24-9-8-21(12-25(24)32-2)23(29-26)14-27-13-22-17-30(10-11-33-22)16-20-6-4-3-5-7-20/h3-9,12,14-15,18,22H,10-11,13,16-17,26H2,1-2H3/b27-14?,29-23+. The van der Waals surface area contributed by atoms with Crippen LogP contribution in [0.25, 0.3) is 5.69 Å². The summed E-state index contributed by atoms with van der Waals surface area (Å²) in [5.41, 5.74) is 4.55. The van der Waals surface area contributed by atoms with Crippen LogP contribution in [0, 0.1) is 6.92 Å². The van der Waals surface area contributed by atoms with Crippen LogP contribution in [-0.2, 0) is 11.3 Å². The van der Waals surface area contributed by atoms with Gasteiger partial charge in [-0.1, -0.05) is 36.4 Å². The molecule has 33 heavy (non-hydrogen) atoms. The van der Waals surface area contributed by atoms with E-state index in [4.69, 9.17) is 15.3 Å². The van der Waals surface area contributed by atoms with Gasteiger partial charge in [0.25, 0.3) is 0 Å². The predicted molar refractivity (Wildman–Crippen MR) is 130 cm³/mol. The smallest absolute Gasteiger partial charge is 0.143 e. The van der Waals surface area contributed by atoms with Gasteiger partial charge in [0.1, 0.15) is 11.5 Å². The minimum absolute atomic E-state index is 0.0409. The Hall–Kier alpha value is -3.49. The molecule has 1 aliphatic heterocycles. The molecule has 0 saturated carbocycles. The number of aryl methyl sites for hydroxylation is 1. The lowest BCUT2D eigenvalue weighted by atomic mass is 10.1. The Labute approximate surface area is 194 Å². The van der Waals surface area contributed by atoms with E-state index < -0.39 is 0 Å². The Balaban J connectivity index is 1.39. The first-order valence-electron chi connectivity index (χ1n) is 11.0. The van der Waals surface area contributed by atoms with Crippen molar-refractivity contribution in [3.8, 4) is 11.4 Å². The summed E-state index contributed by atoms with van der Waals surface area (Å²) in [6.07, 6.45) is 5.45. The fraction of sp³-hybridized carbons (Fsp3) is 0.320. The van der Waals surface area contributed by atoms with Crippen molar-refractivity contribution in [1.29, 1.82) is 0 Å². The molecule has 1 saturated heterocycles. The predicted octanol–water partition coefficient (Wildman–Crippen LogP) is 2.82. The van der Waals surface area contributed by atoms with Crippen molar-refractivity contribution in [2.45, 2.75) is 19.6 Å². The maximum Gasteiger partial charge on any atom is 0.143 e. The molecule has 0 amide bonds. The fourth-order valence-electron chi connectivity index (χ4n) is 3.92. The molecular formula is C25H30N6O2. The van der Waals surface area contributed by atoms with Gasteiger partial charge in [0, 0.05) is 37.6 Å². The molecule has 3 aromatic rings. The molecule has 1 unspecified atom stereocenters. The number of hydrogen-bond acceptors (Lipinski definition) is 7. The zero-order valence-electron chi connectivity index (χ0n) is 19.1. The van der Waals surface area contributed by atoms with Crippen molar-refractivity contribution >= 4 is 11.9 Å². The van der Waals surface area contributed by atoms with Crippen molar-refractivity contribution in [1.82, 2.24) is 14.5 Å². The Morgan fingerprint density at radius 1 is 1.27 bits per heavy atom. The lowest BCUT2D eigenvalue weighted by molar-refractivity contribution is -0.0257. The van der Waals surface area contributed by atoms with Crippen LogP contribution in [0.5, 0.6) is 5.75 Å². The van der Waals surface area contributed by atoms with Crippen LogP contribution in [0.2, 0.25) is 0 Å². The number of nitrogens with zero attached hydrogens (tertiary/aromatic N) is 5. The van der Waals surface area contributed by atoms with Gasteiger partial charge in [0.15, 0.2) is 0 Å². The number of hydrogen-bond donors (Lipinski definition) is 1. The van der Waals surface area contributed by atoms with E-state index in [1.54, 1.807) is 19.7 Å². The first-order chi connectivity index (χ1) is 16.2. The summed E-state index contributed by atoms with van der Waals surface area (Å²) in [7, 11) is 1.64. The van der Waals surface area contributed by atoms with Gasteiger partial charge in [-0.25, -0.2) is 4.98 Å². The number of aliphatic imine (C=N–C) groups is 1. The number of methoxy groups -OCH3 is 1. The molecule has 2 N–H and O–H groups in total. The van der Waals surface area contributed by atoms with Gasteiger partial charge in [-0.2, -0.15) is 5.10 Å². The van der Waals surface area contributed by atoms with Gasteiger partial charge in [0.2, 0.25) is 0 Å². The van der Waals surface area contributed by atoms with E-state index in [1.807, 2.05) is 42.0 Å². The van der Waals surface area contributed by atoms with Crippen molar-refractivity contribution < 1.29 is 9.47 Å². The Kier molecular flexibility index (Phi) is 7.49. The molecule has 1 aliphatic rings. The number of aromatic nitrogens is 2. The summed E-state index contributed by atoms with van der Waals surface area (Å²) >= 11 is 0. The zero-order chi connectivity index (χ0) is 23.0. The van der Waals surface area contributed by atoms with E-state index in [0.29, 0.717) is 24.6 Å². The zero-order valence-corrected chi connectivity index (χ0v) is 19.1. The molecule has 2 aromatic carbocycles. The Morgan fingerprint density at radius 3 is 2.85 bits per heavy atom. The van der Waals surface area contributed by atoms with Gasteiger partial charge in [-0.3, -0.25) is 9.89 Å². The highest BCUT2D eigenvalue weighted by Crippen LogP contribution is 2.24. The molecule has 0 radical (unpaired) electrons. The molecule has 0 aliphatic carbocycles. The second-order valence-electron chi connectivity index (χ2n) is 8.03. The number of nitrogens with two attached hydrogens (primary N) is 1. The number of morpholine rings is 1. The third-order valence-electron chi connectivity index (χ3n) is 5.60. The van der Waals surface area contributed by atoms with E-state index in [-0.39, 0.29) is 6.10 Å². The van der Waals surface area contributed by atoms with Gasteiger partial charge >= 0.3 is 0 Å². The molecule has 0 spiro atoms. The minimum Gasteiger partial charge on any atom is -0.495 e. The van der Waals surface area contributed by atoms with Crippen LogP contribution in [0.15, 0.2) is 71.1 Å². The highest BCUT2D eigenvalue weighted by Gasteiger charge is 2.20.